The summed E-state index contributed by atoms with van der Waals surface area (Å²) in [6, 6.07) is 11.9. The Hall–Kier alpha value is -2.49. The Morgan fingerprint density at radius 1 is 1.17 bits per heavy atom. The van der Waals surface area contributed by atoms with Crippen molar-refractivity contribution < 1.29 is 22.3 Å². The van der Waals surface area contributed by atoms with E-state index in [1.54, 1.807) is 18.2 Å². The molecule has 0 aliphatic carbocycles. The number of ether oxygens (including phenoxy) is 1. The van der Waals surface area contributed by atoms with Crippen LogP contribution in [0.2, 0.25) is 0 Å². The van der Waals surface area contributed by atoms with Gasteiger partial charge in [-0.3, -0.25) is 4.79 Å². The summed E-state index contributed by atoms with van der Waals surface area (Å²) in [5, 5.41) is 11.6. The average Bonchev–Trinajstić information content (AvgIpc) is 3.01. The van der Waals surface area contributed by atoms with E-state index in [1.165, 1.54) is 37.4 Å². The second kappa shape index (κ2) is 9.11. The number of nitrogens with two attached hydrogens (primary N) is 1. The van der Waals surface area contributed by atoms with Gasteiger partial charge in [0, 0.05) is 11.5 Å². The lowest BCUT2D eigenvalue weighted by molar-refractivity contribution is 0.0892. The zero-order valence-electron chi connectivity index (χ0n) is 16.7. The van der Waals surface area contributed by atoms with Gasteiger partial charge in [-0.15, -0.1) is 0 Å². The van der Waals surface area contributed by atoms with E-state index in [4.69, 9.17) is 9.88 Å². The fourth-order valence-electron chi connectivity index (χ4n) is 4.10. The number of hydrogen-bond donors (Lipinski definition) is 3. The quantitative estimate of drug-likeness (QED) is 0.644. The first-order valence-electron chi connectivity index (χ1n) is 9.75. The first kappa shape index (κ1) is 22.2. The SMILES string of the molecule is COc1ccccc1C(=O)NC(c1ccccc1F)(C1CCCNCC1)S(N)(=O)=O. The summed E-state index contributed by atoms with van der Waals surface area (Å²) in [4.78, 5) is 11.1. The monoisotopic (exact) mass is 435 g/mol. The highest BCUT2D eigenvalue weighted by Crippen LogP contribution is 2.41. The van der Waals surface area contributed by atoms with Crippen molar-refractivity contribution in [1.29, 1.82) is 0 Å². The molecular formula is C21H26FN3O4S. The van der Waals surface area contributed by atoms with E-state index >= 15 is 0 Å². The number of amides is 1. The van der Waals surface area contributed by atoms with Crippen molar-refractivity contribution >= 4 is 15.9 Å². The van der Waals surface area contributed by atoms with Gasteiger partial charge in [-0.1, -0.05) is 30.3 Å². The summed E-state index contributed by atoms with van der Waals surface area (Å²) in [6.07, 6.45) is 1.52. The van der Waals surface area contributed by atoms with Crippen LogP contribution < -0.4 is 20.5 Å². The third-order valence-electron chi connectivity index (χ3n) is 5.52. The van der Waals surface area contributed by atoms with Crippen LogP contribution in [0, 0.1) is 11.7 Å². The van der Waals surface area contributed by atoms with Crippen LogP contribution >= 0.6 is 0 Å². The van der Waals surface area contributed by atoms with Gasteiger partial charge < -0.3 is 15.4 Å². The number of carbonyl (C=O) groups is 1. The zero-order chi connectivity index (χ0) is 21.8. The third-order valence-corrected chi connectivity index (χ3v) is 7.08. The molecule has 2 atom stereocenters. The Labute approximate surface area is 175 Å². The molecule has 0 spiro atoms. The molecule has 3 rings (SSSR count). The van der Waals surface area contributed by atoms with Gasteiger partial charge in [-0.2, -0.15) is 0 Å². The molecule has 0 saturated carbocycles. The minimum Gasteiger partial charge on any atom is -0.496 e. The van der Waals surface area contributed by atoms with Gasteiger partial charge in [0.1, 0.15) is 11.6 Å². The van der Waals surface area contributed by atoms with Crippen LogP contribution in [-0.4, -0.2) is 34.5 Å². The molecule has 2 aromatic rings. The number of halogens is 1. The number of methoxy groups -OCH3 is 1. The molecule has 1 heterocycles. The summed E-state index contributed by atoms with van der Waals surface area (Å²) in [5.41, 5.74) is -0.0289. The van der Waals surface area contributed by atoms with Gasteiger partial charge in [-0.05, 0) is 50.6 Å². The van der Waals surface area contributed by atoms with Crippen LogP contribution in [0.5, 0.6) is 5.75 Å². The van der Waals surface area contributed by atoms with Crippen molar-refractivity contribution in [1.82, 2.24) is 10.6 Å². The molecule has 1 aliphatic rings. The Bertz CT molecular complexity index is 1010. The first-order valence-corrected chi connectivity index (χ1v) is 11.3. The highest BCUT2D eigenvalue weighted by Gasteiger charge is 2.52. The van der Waals surface area contributed by atoms with E-state index < -0.39 is 32.5 Å². The molecule has 162 valence electrons. The average molecular weight is 436 g/mol. The molecule has 1 fully saturated rings. The van der Waals surface area contributed by atoms with Crippen molar-refractivity contribution in [2.75, 3.05) is 20.2 Å². The number of primary sulfonamides is 1. The summed E-state index contributed by atoms with van der Waals surface area (Å²) < 4.78 is 46.4. The van der Waals surface area contributed by atoms with E-state index in [-0.39, 0.29) is 16.9 Å². The van der Waals surface area contributed by atoms with Gasteiger partial charge >= 0.3 is 0 Å². The highest BCUT2D eigenvalue weighted by atomic mass is 32.2. The smallest absolute Gasteiger partial charge is 0.256 e. The molecule has 2 unspecified atom stereocenters. The van der Waals surface area contributed by atoms with Crippen LogP contribution in [0.25, 0.3) is 0 Å². The molecule has 9 heteroatoms. The van der Waals surface area contributed by atoms with E-state index in [1.807, 2.05) is 0 Å². The van der Waals surface area contributed by atoms with Crippen molar-refractivity contribution in [3.05, 3.63) is 65.5 Å². The van der Waals surface area contributed by atoms with E-state index in [2.05, 4.69) is 10.6 Å². The molecule has 30 heavy (non-hydrogen) atoms. The topological polar surface area (TPSA) is 111 Å². The van der Waals surface area contributed by atoms with Gasteiger partial charge in [0.2, 0.25) is 10.0 Å². The third kappa shape index (κ3) is 4.19. The van der Waals surface area contributed by atoms with Gasteiger partial charge in [0.25, 0.3) is 5.91 Å². The fourth-order valence-corrected chi connectivity index (χ4v) is 5.51. The molecule has 0 aromatic heterocycles. The Kier molecular flexibility index (Phi) is 6.74. The summed E-state index contributed by atoms with van der Waals surface area (Å²) in [7, 11) is -3.07. The molecule has 7 nitrogen and oxygen atoms in total. The minimum atomic E-state index is -4.48. The lowest BCUT2D eigenvalue weighted by Gasteiger charge is -2.39. The maximum atomic E-state index is 15.0. The molecular weight excluding hydrogens is 409 g/mol. The lowest BCUT2D eigenvalue weighted by Crippen LogP contribution is -2.59. The van der Waals surface area contributed by atoms with E-state index in [9.17, 15) is 17.6 Å². The molecule has 4 N–H and O–H groups in total. The van der Waals surface area contributed by atoms with Crippen LogP contribution in [0.1, 0.15) is 35.2 Å². The maximum absolute atomic E-state index is 15.0. The van der Waals surface area contributed by atoms with Gasteiger partial charge in [0.05, 0.1) is 12.7 Å². The first-order chi connectivity index (χ1) is 14.3. The lowest BCUT2D eigenvalue weighted by atomic mass is 9.86. The van der Waals surface area contributed by atoms with Crippen LogP contribution in [0.3, 0.4) is 0 Å². The predicted octanol–water partition coefficient (Wildman–Crippen LogP) is 2.10. The van der Waals surface area contributed by atoms with Gasteiger partial charge in [0.15, 0.2) is 4.87 Å². The van der Waals surface area contributed by atoms with Crippen LogP contribution in [-0.2, 0) is 14.9 Å². The second-order valence-corrected chi connectivity index (χ2v) is 9.03. The summed E-state index contributed by atoms with van der Waals surface area (Å²) >= 11 is 0. The van der Waals surface area contributed by atoms with E-state index in [0.29, 0.717) is 32.4 Å². The summed E-state index contributed by atoms with van der Waals surface area (Å²) in [5.74, 6) is -1.81. The second-order valence-electron chi connectivity index (χ2n) is 7.29. The maximum Gasteiger partial charge on any atom is 0.256 e. The molecule has 2 aromatic carbocycles. The Morgan fingerprint density at radius 3 is 2.57 bits per heavy atom. The van der Waals surface area contributed by atoms with Crippen LogP contribution in [0.4, 0.5) is 4.39 Å². The molecule has 1 aliphatic heterocycles. The standard InChI is InChI=1S/C21H26FN3O4S/c1-29-19-11-5-2-8-16(19)20(26)25-21(30(23,27)28,15-7-6-13-24-14-12-15)17-9-3-4-10-18(17)22/h2-5,8-11,15,24H,6-7,12-14H2,1H3,(H,25,26)(H2,23,27,28). The molecule has 1 saturated heterocycles. The van der Waals surface area contributed by atoms with Crippen LogP contribution in [0.15, 0.2) is 48.5 Å². The van der Waals surface area contributed by atoms with Gasteiger partial charge in [-0.25, -0.2) is 17.9 Å². The van der Waals surface area contributed by atoms with Crippen molar-refractivity contribution in [2.45, 2.75) is 24.1 Å². The normalized spacial score (nSPS) is 19.4. The largest absolute Gasteiger partial charge is 0.496 e. The number of nitrogens with one attached hydrogen (secondary N) is 2. The Morgan fingerprint density at radius 2 is 1.87 bits per heavy atom. The number of para-hydroxylation sites is 1. The number of hydrogen-bond acceptors (Lipinski definition) is 5. The minimum absolute atomic E-state index is 0.135. The highest BCUT2D eigenvalue weighted by molar-refractivity contribution is 7.90. The van der Waals surface area contributed by atoms with Crippen molar-refractivity contribution in [3.8, 4) is 5.75 Å². The van der Waals surface area contributed by atoms with Crippen molar-refractivity contribution in [3.63, 3.8) is 0 Å². The molecule has 0 bridgehead atoms. The predicted molar refractivity (Wildman–Crippen MR) is 112 cm³/mol. The summed E-state index contributed by atoms with van der Waals surface area (Å²) in [6.45, 7) is 1.23. The number of sulfonamides is 1. The van der Waals surface area contributed by atoms with Crippen molar-refractivity contribution in [2.24, 2.45) is 11.1 Å². The Balaban J connectivity index is 2.20. The zero-order valence-corrected chi connectivity index (χ0v) is 17.5. The molecule has 1 amide bonds. The number of benzene rings is 2. The molecule has 0 radical (unpaired) electrons. The number of carbonyl (C=O) groups excluding carboxylic acids is 1. The number of rotatable bonds is 6. The van der Waals surface area contributed by atoms with E-state index in [0.717, 1.165) is 0 Å². The fraction of sp³-hybridized carbons (Fsp3) is 0.381.